The van der Waals surface area contributed by atoms with Crippen LogP contribution in [0.25, 0.3) is 0 Å². The largest absolute Gasteiger partial charge is 0.326 e. The Balaban J connectivity index is 2.03. The van der Waals surface area contributed by atoms with E-state index in [1.54, 1.807) is 42.5 Å². The van der Waals surface area contributed by atoms with Gasteiger partial charge in [0.1, 0.15) is 0 Å². The van der Waals surface area contributed by atoms with Crippen LogP contribution in [0.15, 0.2) is 42.5 Å². The minimum absolute atomic E-state index is 0.0711. The molecule has 6 heteroatoms. The minimum Gasteiger partial charge on any atom is -0.326 e. The first-order valence-corrected chi connectivity index (χ1v) is 8.37. The first-order chi connectivity index (χ1) is 11.5. The van der Waals surface area contributed by atoms with Gasteiger partial charge in [-0.05, 0) is 42.3 Å². The maximum atomic E-state index is 12.2. The average molecular weight is 365 g/mol. The Morgan fingerprint density at radius 2 is 1.67 bits per heavy atom. The van der Waals surface area contributed by atoms with Crippen molar-refractivity contribution < 1.29 is 9.59 Å². The molecule has 2 rings (SSSR count). The summed E-state index contributed by atoms with van der Waals surface area (Å²) in [5.41, 5.74) is 1.91. The number of rotatable bonds is 6. The Morgan fingerprint density at radius 3 is 2.33 bits per heavy atom. The molecule has 0 aliphatic carbocycles. The molecule has 0 saturated carbocycles. The third-order valence-corrected chi connectivity index (χ3v) is 3.86. The zero-order chi connectivity index (χ0) is 17.5. The van der Waals surface area contributed by atoms with Crippen molar-refractivity contribution in [3.63, 3.8) is 0 Å². The number of benzene rings is 2. The van der Waals surface area contributed by atoms with Crippen molar-refractivity contribution in [1.82, 2.24) is 0 Å². The minimum atomic E-state index is -0.198. The van der Waals surface area contributed by atoms with Gasteiger partial charge in [-0.2, -0.15) is 0 Å². The van der Waals surface area contributed by atoms with Crippen LogP contribution in [0, 0.1) is 0 Å². The lowest BCUT2D eigenvalue weighted by Gasteiger charge is -2.11. The number of hydrogen-bond acceptors (Lipinski definition) is 2. The molecule has 0 aliphatic rings. The van der Waals surface area contributed by atoms with Crippen molar-refractivity contribution in [3.8, 4) is 0 Å². The Kier molecular flexibility index (Phi) is 6.64. The van der Waals surface area contributed by atoms with Crippen LogP contribution in [0.1, 0.15) is 25.3 Å². The number of amides is 2. The van der Waals surface area contributed by atoms with E-state index in [4.69, 9.17) is 23.2 Å². The molecule has 0 saturated heterocycles. The van der Waals surface area contributed by atoms with Gasteiger partial charge in [-0.15, -0.1) is 0 Å². The second-order valence-corrected chi connectivity index (χ2v) is 6.19. The predicted molar refractivity (Wildman–Crippen MR) is 98.8 cm³/mol. The Morgan fingerprint density at radius 1 is 0.958 bits per heavy atom. The summed E-state index contributed by atoms with van der Waals surface area (Å²) in [6.45, 7) is 1.93. The number of carbonyl (C=O) groups excluding carboxylic acids is 2. The van der Waals surface area contributed by atoms with E-state index in [-0.39, 0.29) is 18.2 Å². The number of hydrogen-bond donors (Lipinski definition) is 2. The van der Waals surface area contributed by atoms with Crippen LogP contribution in [-0.4, -0.2) is 11.8 Å². The van der Waals surface area contributed by atoms with Crippen LogP contribution in [-0.2, 0) is 16.0 Å². The van der Waals surface area contributed by atoms with Gasteiger partial charge >= 0.3 is 0 Å². The molecule has 0 unspecified atom stereocenters. The summed E-state index contributed by atoms with van der Waals surface area (Å²) < 4.78 is 0. The zero-order valence-electron chi connectivity index (χ0n) is 13.2. The van der Waals surface area contributed by atoms with E-state index in [2.05, 4.69) is 10.6 Å². The number of anilines is 2. The molecule has 0 bridgehead atoms. The molecule has 126 valence electrons. The van der Waals surface area contributed by atoms with Crippen LogP contribution in [0.2, 0.25) is 10.0 Å². The predicted octanol–water partition coefficient (Wildman–Crippen LogP) is 4.91. The average Bonchev–Trinajstić information content (AvgIpc) is 2.53. The van der Waals surface area contributed by atoms with Crippen LogP contribution < -0.4 is 10.6 Å². The van der Waals surface area contributed by atoms with E-state index in [1.807, 2.05) is 6.92 Å². The van der Waals surface area contributed by atoms with E-state index in [0.29, 0.717) is 27.8 Å². The lowest BCUT2D eigenvalue weighted by Crippen LogP contribution is -2.15. The lowest BCUT2D eigenvalue weighted by molar-refractivity contribution is -0.116. The van der Waals surface area contributed by atoms with Crippen LogP contribution in [0.5, 0.6) is 0 Å². The molecule has 0 atom stereocenters. The highest BCUT2D eigenvalue weighted by Crippen LogP contribution is 2.26. The first kappa shape index (κ1) is 18.3. The zero-order valence-corrected chi connectivity index (χ0v) is 14.7. The van der Waals surface area contributed by atoms with Crippen molar-refractivity contribution >= 4 is 46.4 Å². The summed E-state index contributed by atoms with van der Waals surface area (Å²) in [6.07, 6.45) is 1.42. The van der Waals surface area contributed by atoms with Crippen molar-refractivity contribution in [3.05, 3.63) is 58.1 Å². The third kappa shape index (κ3) is 5.55. The normalized spacial score (nSPS) is 10.3. The van der Waals surface area contributed by atoms with E-state index >= 15 is 0 Å². The summed E-state index contributed by atoms with van der Waals surface area (Å²) >= 11 is 11.9. The van der Waals surface area contributed by atoms with Gasteiger partial charge in [-0.3, -0.25) is 9.59 Å². The molecule has 2 amide bonds. The Bertz CT molecular complexity index is 730. The maximum Gasteiger partial charge on any atom is 0.228 e. The fourth-order valence-corrected chi connectivity index (χ4v) is 2.42. The van der Waals surface area contributed by atoms with Crippen LogP contribution in [0.3, 0.4) is 0 Å². The lowest BCUT2D eigenvalue weighted by atomic mass is 10.1. The highest BCUT2D eigenvalue weighted by Gasteiger charge is 2.09. The van der Waals surface area contributed by atoms with Gasteiger partial charge in [0.05, 0.1) is 17.1 Å². The maximum absolute atomic E-state index is 12.2. The molecule has 0 heterocycles. The molecule has 24 heavy (non-hydrogen) atoms. The molecule has 0 fully saturated rings. The number of carbonyl (C=O) groups is 2. The molecule has 4 nitrogen and oxygen atoms in total. The van der Waals surface area contributed by atoms with E-state index in [1.165, 1.54) is 0 Å². The smallest absolute Gasteiger partial charge is 0.228 e. The summed E-state index contributed by atoms with van der Waals surface area (Å²) in [4.78, 5) is 23.8. The van der Waals surface area contributed by atoms with Gasteiger partial charge in [-0.25, -0.2) is 0 Å². The summed E-state index contributed by atoms with van der Waals surface area (Å²) in [6, 6.07) is 12.1. The van der Waals surface area contributed by atoms with Gasteiger partial charge in [0.2, 0.25) is 11.8 Å². The number of halogens is 2. The Labute approximate surface area is 151 Å². The van der Waals surface area contributed by atoms with Crippen molar-refractivity contribution in [2.75, 3.05) is 10.6 Å². The summed E-state index contributed by atoms with van der Waals surface area (Å²) in [7, 11) is 0. The Hall–Kier alpha value is -2.04. The highest BCUT2D eigenvalue weighted by atomic mass is 35.5. The topological polar surface area (TPSA) is 58.2 Å². The molecule has 2 aromatic rings. The fraction of sp³-hybridized carbons (Fsp3) is 0.222. The van der Waals surface area contributed by atoms with E-state index in [9.17, 15) is 9.59 Å². The van der Waals surface area contributed by atoms with Crippen molar-refractivity contribution in [1.29, 1.82) is 0 Å². The fourth-order valence-electron chi connectivity index (χ4n) is 2.13. The molecular formula is C18H18Cl2N2O2. The standard InChI is InChI=1S/C18H18Cl2N2O2/c1-2-3-17(23)21-14-8-9-15(20)16(11-14)22-18(24)10-12-4-6-13(19)7-5-12/h4-9,11H,2-3,10H2,1H3,(H,21,23)(H,22,24). The van der Waals surface area contributed by atoms with Gasteiger partial charge < -0.3 is 10.6 Å². The molecular weight excluding hydrogens is 347 g/mol. The molecule has 0 aliphatic heterocycles. The van der Waals surface area contributed by atoms with Gasteiger partial charge in [-0.1, -0.05) is 42.3 Å². The van der Waals surface area contributed by atoms with Gasteiger partial charge in [0.25, 0.3) is 0 Å². The summed E-state index contributed by atoms with van der Waals surface area (Å²) in [5.74, 6) is -0.269. The molecule has 2 N–H and O–H groups in total. The quantitative estimate of drug-likeness (QED) is 0.764. The third-order valence-electron chi connectivity index (χ3n) is 3.28. The second-order valence-electron chi connectivity index (χ2n) is 5.34. The monoisotopic (exact) mass is 364 g/mol. The highest BCUT2D eigenvalue weighted by molar-refractivity contribution is 6.34. The van der Waals surface area contributed by atoms with Gasteiger partial charge in [0, 0.05) is 17.1 Å². The summed E-state index contributed by atoms with van der Waals surface area (Å²) in [5, 5.41) is 6.57. The molecule has 0 aromatic heterocycles. The molecule has 0 radical (unpaired) electrons. The van der Waals surface area contributed by atoms with Crippen LogP contribution in [0.4, 0.5) is 11.4 Å². The second kappa shape index (κ2) is 8.71. The first-order valence-electron chi connectivity index (χ1n) is 7.61. The molecule has 0 spiro atoms. The van der Waals surface area contributed by atoms with Crippen LogP contribution >= 0.6 is 23.2 Å². The van der Waals surface area contributed by atoms with E-state index in [0.717, 1.165) is 12.0 Å². The van der Waals surface area contributed by atoms with Gasteiger partial charge in [0.15, 0.2) is 0 Å². The van der Waals surface area contributed by atoms with Crippen molar-refractivity contribution in [2.45, 2.75) is 26.2 Å². The van der Waals surface area contributed by atoms with E-state index < -0.39 is 0 Å². The van der Waals surface area contributed by atoms with Crippen molar-refractivity contribution in [2.24, 2.45) is 0 Å². The SMILES string of the molecule is CCCC(=O)Nc1ccc(Cl)c(NC(=O)Cc2ccc(Cl)cc2)c1. The molecule has 2 aromatic carbocycles. The number of nitrogens with one attached hydrogen (secondary N) is 2.